The van der Waals surface area contributed by atoms with Gasteiger partial charge in [-0.3, -0.25) is 0 Å². The van der Waals surface area contributed by atoms with Crippen molar-refractivity contribution in [3.05, 3.63) is 4.30 Å². The van der Waals surface area contributed by atoms with Gasteiger partial charge in [0, 0.05) is 0 Å². The van der Waals surface area contributed by atoms with Crippen LogP contribution in [-0.2, 0) is 0 Å². The second-order valence-corrected chi connectivity index (χ2v) is 1.93. The lowest BCUT2D eigenvalue weighted by atomic mass is 11.9. The van der Waals surface area contributed by atoms with E-state index in [0.29, 0.717) is 0 Å². The lowest BCUT2D eigenvalue weighted by molar-refractivity contribution is 2.38. The molecule has 0 amide bonds. The van der Waals surface area contributed by atoms with Crippen LogP contribution in [0, 0.1) is 4.30 Å². The van der Waals surface area contributed by atoms with E-state index in [9.17, 15) is 0 Å². The minimum absolute atomic E-state index is 0.167. The average Bonchev–Trinajstić information content (AvgIpc) is 0.811. The molecule has 0 spiro atoms. The second-order valence-electron chi connectivity index (χ2n) is 0.214. The highest BCUT2D eigenvalue weighted by Crippen LogP contribution is 2.15. The highest BCUT2D eigenvalue weighted by molar-refractivity contribution is 6.72. The minimum atomic E-state index is -0.167. The van der Waals surface area contributed by atoms with Crippen LogP contribution in [0.5, 0.6) is 0 Å². The maximum absolute atomic E-state index is 4.72. The van der Waals surface area contributed by atoms with Gasteiger partial charge < -0.3 is 34.8 Å². The quantitative estimate of drug-likeness (QED) is 0.428. The van der Waals surface area contributed by atoms with Crippen LogP contribution < -0.4 is 0 Å². The molecule has 0 aliphatic rings. The van der Waals surface area contributed by atoms with Gasteiger partial charge >= 0.3 is 0 Å². The highest BCUT2D eigenvalue weighted by atomic mass is 35.6. The smallest absolute Gasteiger partial charge is 0.0634 e. The first-order chi connectivity index (χ1) is 1.73. The van der Waals surface area contributed by atoms with Gasteiger partial charge in [-0.25, -0.2) is 0 Å². The maximum atomic E-state index is 4.72. The van der Waals surface area contributed by atoms with Crippen molar-refractivity contribution in [3.8, 4) is 0 Å². The summed E-state index contributed by atoms with van der Waals surface area (Å²) >= 11 is 14.2. The summed E-state index contributed by atoms with van der Waals surface area (Å²) in [6.45, 7) is 0. The molecule has 4 heavy (non-hydrogen) atoms. The van der Waals surface area contributed by atoms with Gasteiger partial charge in [0.15, 0.2) is 0 Å². The van der Waals surface area contributed by atoms with Gasteiger partial charge in [0.25, 0.3) is 0 Å². The summed E-state index contributed by atoms with van der Waals surface area (Å²) < 4.78 is -0.167. The third kappa shape index (κ3) is 13.3. The normalized spacial score (nSPS) is 9.00. The Morgan fingerprint density at radius 3 is 1.00 bits per heavy atom. The Balaban J connectivity index is 2.32. The number of halogens is 3. The number of hydrogen-bond acceptors (Lipinski definition) is 0. The molecule has 0 bridgehead atoms. The zero-order valence-corrected chi connectivity index (χ0v) is 3.90. The van der Waals surface area contributed by atoms with E-state index in [0.717, 1.165) is 0 Å². The first-order valence-corrected chi connectivity index (χ1v) is 1.70. The molecule has 0 saturated carbocycles. The molecule has 0 aromatic rings. The molecular formula is CCl3-. The monoisotopic (exact) mass is 117 g/mol. The predicted molar refractivity (Wildman–Crippen MR) is 20.8 cm³/mol. The lowest BCUT2D eigenvalue weighted by Gasteiger charge is -1.92. The van der Waals surface area contributed by atoms with Crippen molar-refractivity contribution in [3.63, 3.8) is 0 Å². The van der Waals surface area contributed by atoms with Crippen molar-refractivity contribution >= 4 is 34.8 Å². The van der Waals surface area contributed by atoms with E-state index < -0.39 is 0 Å². The standard InChI is InChI=1S/CCl3/c2-1(3)4/q-1. The van der Waals surface area contributed by atoms with Crippen molar-refractivity contribution in [2.75, 3.05) is 0 Å². The molecule has 0 rings (SSSR count). The van der Waals surface area contributed by atoms with Gasteiger partial charge in [0.1, 0.15) is 0 Å². The SMILES string of the molecule is Cl[C-](Cl)Cl. The van der Waals surface area contributed by atoms with Gasteiger partial charge in [0.05, 0.1) is 0 Å². The van der Waals surface area contributed by atoms with Crippen LogP contribution in [0.2, 0.25) is 0 Å². The summed E-state index contributed by atoms with van der Waals surface area (Å²) in [5.74, 6) is 0. The molecule has 0 fully saturated rings. The summed E-state index contributed by atoms with van der Waals surface area (Å²) in [7, 11) is 0. The zero-order valence-electron chi connectivity index (χ0n) is 1.63. The Hall–Kier alpha value is 0.870. The molecule has 0 nitrogen and oxygen atoms in total. The largest absolute Gasteiger partial charge is 0.312 e. The summed E-state index contributed by atoms with van der Waals surface area (Å²) in [5, 5.41) is 0. The first kappa shape index (κ1) is 4.87. The summed E-state index contributed by atoms with van der Waals surface area (Å²) in [4.78, 5) is 0. The number of rotatable bonds is 0. The van der Waals surface area contributed by atoms with Crippen molar-refractivity contribution in [2.24, 2.45) is 0 Å². The van der Waals surface area contributed by atoms with Crippen molar-refractivity contribution in [2.45, 2.75) is 0 Å². The van der Waals surface area contributed by atoms with Crippen LogP contribution in [0.25, 0.3) is 0 Å². The first-order valence-electron chi connectivity index (χ1n) is 0.567. The van der Waals surface area contributed by atoms with E-state index in [1.54, 1.807) is 0 Å². The molecule has 0 saturated heterocycles. The van der Waals surface area contributed by atoms with Crippen molar-refractivity contribution < 1.29 is 0 Å². The molecular weight excluding hydrogens is 118 g/mol. The molecule has 0 N–H and O–H groups in total. The lowest BCUT2D eigenvalue weighted by Crippen LogP contribution is -1.37. The molecule has 0 radical (unpaired) electrons. The zero-order chi connectivity index (χ0) is 3.58. The third-order valence-corrected chi connectivity index (χ3v) is 0. The Bertz CT molecular complexity index is 8.00. The molecule has 0 aliphatic carbocycles. The highest BCUT2D eigenvalue weighted by Gasteiger charge is 1.55. The Labute approximate surface area is 39.6 Å². The van der Waals surface area contributed by atoms with Crippen LogP contribution in [0.3, 0.4) is 0 Å². The van der Waals surface area contributed by atoms with E-state index in [4.69, 9.17) is 34.8 Å². The third-order valence-electron chi connectivity index (χ3n) is 0. The molecule has 0 aromatic heterocycles. The molecule has 0 unspecified atom stereocenters. The molecule has 3 heteroatoms. The van der Waals surface area contributed by atoms with Gasteiger partial charge in [-0.1, -0.05) is 4.30 Å². The average molecular weight is 118 g/mol. The van der Waals surface area contributed by atoms with Crippen molar-refractivity contribution in [1.29, 1.82) is 0 Å². The van der Waals surface area contributed by atoms with E-state index in [1.807, 2.05) is 0 Å². The fourth-order valence-electron chi connectivity index (χ4n) is 0. The Morgan fingerprint density at radius 2 is 1.00 bits per heavy atom. The van der Waals surface area contributed by atoms with Gasteiger partial charge in [-0.2, -0.15) is 0 Å². The molecule has 0 atom stereocenters. The molecule has 0 aliphatic heterocycles. The predicted octanol–water partition coefficient (Wildman–Crippen LogP) is 2.15. The van der Waals surface area contributed by atoms with Gasteiger partial charge in [0.2, 0.25) is 0 Å². The summed E-state index contributed by atoms with van der Waals surface area (Å²) in [6.07, 6.45) is 0. The minimum Gasteiger partial charge on any atom is -0.312 e. The molecule has 0 heterocycles. The molecule has 26 valence electrons. The van der Waals surface area contributed by atoms with Crippen LogP contribution in [0.4, 0.5) is 0 Å². The Kier molecular flexibility index (Phi) is 2.59. The van der Waals surface area contributed by atoms with Crippen molar-refractivity contribution in [1.82, 2.24) is 0 Å². The summed E-state index contributed by atoms with van der Waals surface area (Å²) in [6, 6.07) is 0. The van der Waals surface area contributed by atoms with Crippen LogP contribution >= 0.6 is 34.8 Å². The van der Waals surface area contributed by atoms with Crippen LogP contribution in [-0.4, -0.2) is 0 Å². The fraction of sp³-hybridized carbons (Fsp3) is 0. The van der Waals surface area contributed by atoms with Gasteiger partial charge in [-0.05, 0) is 0 Å². The Morgan fingerprint density at radius 1 is 1.00 bits per heavy atom. The van der Waals surface area contributed by atoms with Crippen LogP contribution in [0.15, 0.2) is 0 Å². The topological polar surface area (TPSA) is 0 Å². The van der Waals surface area contributed by atoms with Crippen LogP contribution in [0.1, 0.15) is 0 Å². The second kappa shape index (κ2) is 2.13. The van der Waals surface area contributed by atoms with E-state index in [2.05, 4.69) is 0 Å². The van der Waals surface area contributed by atoms with E-state index >= 15 is 0 Å². The fourth-order valence-corrected chi connectivity index (χ4v) is 0. The molecule has 0 aromatic carbocycles. The van der Waals surface area contributed by atoms with Gasteiger partial charge in [-0.15, -0.1) is 0 Å². The summed E-state index contributed by atoms with van der Waals surface area (Å²) in [5.41, 5.74) is 0. The number of hydrogen-bond donors (Lipinski definition) is 0. The maximum Gasteiger partial charge on any atom is -0.0634 e. The van der Waals surface area contributed by atoms with E-state index in [-0.39, 0.29) is 4.30 Å². The van der Waals surface area contributed by atoms with E-state index in [1.165, 1.54) is 0 Å².